The molecule has 0 radical (unpaired) electrons. The molecule has 2 N–H and O–H groups in total. The highest BCUT2D eigenvalue weighted by molar-refractivity contribution is 5.77. The van der Waals surface area contributed by atoms with Crippen LogP contribution in [-0.2, 0) is 20.7 Å². The van der Waals surface area contributed by atoms with E-state index in [0.717, 1.165) is 49.1 Å². The van der Waals surface area contributed by atoms with Crippen LogP contribution < -0.4 is 5.32 Å². The molecule has 0 saturated carbocycles. The summed E-state index contributed by atoms with van der Waals surface area (Å²) in [4.78, 5) is 19.6. The number of fused-ring (bicyclic) bond motifs is 1. The van der Waals surface area contributed by atoms with Gasteiger partial charge in [0, 0.05) is 19.6 Å². The first kappa shape index (κ1) is 16.9. The third kappa shape index (κ3) is 5.04. The normalized spacial score (nSPS) is 17.9. The zero-order chi connectivity index (χ0) is 16.6. The van der Waals surface area contributed by atoms with Crippen molar-refractivity contribution in [3.05, 3.63) is 30.1 Å². The summed E-state index contributed by atoms with van der Waals surface area (Å²) in [6.45, 7) is 2.04. The number of amides is 1. The number of carbonyl (C=O) groups is 1. The number of rotatable bonds is 8. The van der Waals surface area contributed by atoms with Gasteiger partial charge in [-0.15, -0.1) is 0 Å². The zero-order valence-corrected chi connectivity index (χ0v) is 13.9. The number of hydrogen-bond donors (Lipinski definition) is 2. The molecule has 0 bridgehead atoms. The summed E-state index contributed by atoms with van der Waals surface area (Å²) in [6, 6.07) is 7.97. The second-order valence-corrected chi connectivity index (χ2v) is 6.16. The summed E-state index contributed by atoms with van der Waals surface area (Å²) in [5.41, 5.74) is 2.03. The third-order valence-electron chi connectivity index (χ3n) is 4.16. The summed E-state index contributed by atoms with van der Waals surface area (Å²) in [5.74, 6) is 0.881. The highest BCUT2D eigenvalue weighted by Crippen LogP contribution is 2.13. The summed E-state index contributed by atoms with van der Waals surface area (Å²) in [7, 11) is 0. The SMILES string of the molecule is O=C(COC[C@@H]1CCCCO1)NCCCc1nc2ccccc2[nH]1. The molecule has 0 spiro atoms. The van der Waals surface area contributed by atoms with E-state index in [1.54, 1.807) is 0 Å². The topological polar surface area (TPSA) is 76.2 Å². The van der Waals surface area contributed by atoms with Crippen LogP contribution in [0, 0.1) is 0 Å². The van der Waals surface area contributed by atoms with E-state index in [-0.39, 0.29) is 18.6 Å². The van der Waals surface area contributed by atoms with Gasteiger partial charge in [0.25, 0.3) is 0 Å². The molecule has 6 heteroatoms. The van der Waals surface area contributed by atoms with Gasteiger partial charge in [0.2, 0.25) is 5.91 Å². The van der Waals surface area contributed by atoms with Gasteiger partial charge in [0.15, 0.2) is 0 Å². The van der Waals surface area contributed by atoms with Gasteiger partial charge in [0.1, 0.15) is 12.4 Å². The van der Waals surface area contributed by atoms with Gasteiger partial charge in [-0.05, 0) is 37.8 Å². The molecule has 1 fully saturated rings. The van der Waals surface area contributed by atoms with E-state index in [2.05, 4.69) is 15.3 Å². The van der Waals surface area contributed by atoms with Crippen molar-refractivity contribution in [1.82, 2.24) is 15.3 Å². The largest absolute Gasteiger partial charge is 0.376 e. The molecule has 6 nitrogen and oxygen atoms in total. The van der Waals surface area contributed by atoms with E-state index in [4.69, 9.17) is 9.47 Å². The zero-order valence-electron chi connectivity index (χ0n) is 13.9. The molecule has 2 heterocycles. The van der Waals surface area contributed by atoms with Gasteiger partial charge in [-0.2, -0.15) is 0 Å². The van der Waals surface area contributed by atoms with Crippen LogP contribution in [-0.4, -0.2) is 48.3 Å². The highest BCUT2D eigenvalue weighted by atomic mass is 16.5. The first-order chi connectivity index (χ1) is 11.8. The number of aryl methyl sites for hydroxylation is 1. The highest BCUT2D eigenvalue weighted by Gasteiger charge is 2.14. The minimum absolute atomic E-state index is 0.0737. The standard InChI is InChI=1S/C18H25N3O3/c22-18(13-23-12-14-6-3-4-11-24-14)19-10-5-9-17-20-15-7-1-2-8-16(15)21-17/h1-2,7-8,14H,3-6,9-13H2,(H,19,22)(H,20,21)/t14-/m0/s1. The number of aromatic nitrogens is 2. The fourth-order valence-corrected chi connectivity index (χ4v) is 2.88. The van der Waals surface area contributed by atoms with Crippen LogP contribution in [0.2, 0.25) is 0 Å². The first-order valence-corrected chi connectivity index (χ1v) is 8.71. The average molecular weight is 331 g/mol. The van der Waals surface area contributed by atoms with Crippen molar-refractivity contribution < 1.29 is 14.3 Å². The molecule has 1 saturated heterocycles. The van der Waals surface area contributed by atoms with E-state index in [0.29, 0.717) is 13.2 Å². The Hall–Kier alpha value is -1.92. The number of benzene rings is 1. The Balaban J connectivity index is 1.27. The van der Waals surface area contributed by atoms with Gasteiger partial charge < -0.3 is 19.8 Å². The number of hydrogen-bond acceptors (Lipinski definition) is 4. The number of imidazole rings is 1. The minimum atomic E-state index is -0.0737. The van der Waals surface area contributed by atoms with Gasteiger partial charge >= 0.3 is 0 Å². The molecule has 1 atom stereocenters. The maximum absolute atomic E-state index is 11.7. The van der Waals surface area contributed by atoms with E-state index in [1.165, 1.54) is 6.42 Å². The number of nitrogens with one attached hydrogen (secondary N) is 2. The third-order valence-corrected chi connectivity index (χ3v) is 4.16. The summed E-state index contributed by atoms with van der Waals surface area (Å²) < 4.78 is 11.0. The predicted molar refractivity (Wildman–Crippen MR) is 91.8 cm³/mol. The molecule has 1 aromatic heterocycles. The molecule has 2 aromatic rings. The molecule has 1 amide bonds. The predicted octanol–water partition coefficient (Wildman–Crippen LogP) is 2.20. The number of nitrogens with zero attached hydrogens (tertiary/aromatic N) is 1. The lowest BCUT2D eigenvalue weighted by Crippen LogP contribution is -2.31. The lowest BCUT2D eigenvalue weighted by Gasteiger charge is -2.22. The van der Waals surface area contributed by atoms with Crippen LogP contribution in [0.1, 0.15) is 31.5 Å². The molecule has 1 aromatic carbocycles. The molecule has 24 heavy (non-hydrogen) atoms. The van der Waals surface area contributed by atoms with Gasteiger partial charge in [0.05, 0.1) is 23.7 Å². The molecule has 0 aliphatic carbocycles. The Kier molecular flexibility index (Phi) is 6.20. The van der Waals surface area contributed by atoms with E-state index in [9.17, 15) is 4.79 Å². The van der Waals surface area contributed by atoms with E-state index < -0.39 is 0 Å². The number of H-pyrrole nitrogens is 1. The fourth-order valence-electron chi connectivity index (χ4n) is 2.88. The van der Waals surface area contributed by atoms with Crippen LogP contribution in [0.5, 0.6) is 0 Å². The molecule has 130 valence electrons. The van der Waals surface area contributed by atoms with Crippen molar-refractivity contribution in [2.75, 3.05) is 26.4 Å². The monoisotopic (exact) mass is 331 g/mol. The van der Waals surface area contributed by atoms with Crippen molar-refractivity contribution >= 4 is 16.9 Å². The van der Waals surface area contributed by atoms with Crippen molar-refractivity contribution in [2.45, 2.75) is 38.2 Å². The van der Waals surface area contributed by atoms with Gasteiger partial charge in [-0.1, -0.05) is 12.1 Å². The second kappa shape index (κ2) is 8.80. The summed E-state index contributed by atoms with van der Waals surface area (Å²) >= 11 is 0. The molecule has 1 aliphatic heterocycles. The lowest BCUT2D eigenvalue weighted by molar-refractivity contribution is -0.127. The molecular weight excluding hydrogens is 306 g/mol. The van der Waals surface area contributed by atoms with Crippen molar-refractivity contribution in [3.8, 4) is 0 Å². The average Bonchev–Trinajstić information content (AvgIpc) is 3.02. The van der Waals surface area contributed by atoms with E-state index >= 15 is 0 Å². The molecule has 1 aliphatic rings. The number of para-hydroxylation sites is 2. The Labute approximate surface area is 141 Å². The molecule has 0 unspecified atom stereocenters. The molecule has 3 rings (SSSR count). The smallest absolute Gasteiger partial charge is 0.245 e. The number of ether oxygens (including phenoxy) is 2. The summed E-state index contributed by atoms with van der Waals surface area (Å²) in [6.07, 6.45) is 5.14. The Bertz CT molecular complexity index is 617. The van der Waals surface area contributed by atoms with Crippen LogP contribution in [0.4, 0.5) is 0 Å². The minimum Gasteiger partial charge on any atom is -0.376 e. The maximum Gasteiger partial charge on any atom is 0.245 e. The first-order valence-electron chi connectivity index (χ1n) is 8.71. The van der Waals surface area contributed by atoms with Crippen LogP contribution >= 0.6 is 0 Å². The lowest BCUT2D eigenvalue weighted by atomic mass is 10.1. The summed E-state index contributed by atoms with van der Waals surface area (Å²) in [5, 5.41) is 2.88. The quantitative estimate of drug-likeness (QED) is 0.727. The van der Waals surface area contributed by atoms with Crippen LogP contribution in [0.15, 0.2) is 24.3 Å². The van der Waals surface area contributed by atoms with Crippen LogP contribution in [0.3, 0.4) is 0 Å². The fraction of sp³-hybridized carbons (Fsp3) is 0.556. The van der Waals surface area contributed by atoms with Gasteiger partial charge in [-0.25, -0.2) is 4.98 Å². The number of carbonyl (C=O) groups excluding carboxylic acids is 1. The Morgan fingerprint density at radius 2 is 2.29 bits per heavy atom. The van der Waals surface area contributed by atoms with Crippen molar-refractivity contribution in [2.24, 2.45) is 0 Å². The van der Waals surface area contributed by atoms with Crippen LogP contribution in [0.25, 0.3) is 11.0 Å². The Morgan fingerprint density at radius 3 is 3.12 bits per heavy atom. The van der Waals surface area contributed by atoms with E-state index in [1.807, 2.05) is 24.3 Å². The second-order valence-electron chi connectivity index (χ2n) is 6.16. The number of aromatic amines is 1. The van der Waals surface area contributed by atoms with Crippen molar-refractivity contribution in [1.29, 1.82) is 0 Å². The maximum atomic E-state index is 11.7. The molecular formula is C18H25N3O3. The Morgan fingerprint density at radius 1 is 1.38 bits per heavy atom. The van der Waals surface area contributed by atoms with Gasteiger partial charge in [-0.3, -0.25) is 4.79 Å². The van der Waals surface area contributed by atoms with Crippen molar-refractivity contribution in [3.63, 3.8) is 0 Å².